The van der Waals surface area contributed by atoms with E-state index < -0.39 is 0 Å². The molecule has 1 saturated carbocycles. The summed E-state index contributed by atoms with van der Waals surface area (Å²) in [7, 11) is 0. The van der Waals surface area contributed by atoms with Gasteiger partial charge in [0.1, 0.15) is 12.1 Å². The second-order valence-electron chi connectivity index (χ2n) is 6.06. The van der Waals surface area contributed by atoms with Gasteiger partial charge in [0.15, 0.2) is 0 Å². The lowest BCUT2D eigenvalue weighted by Gasteiger charge is -2.34. The van der Waals surface area contributed by atoms with E-state index in [9.17, 15) is 4.39 Å². The second kappa shape index (κ2) is 5.79. The van der Waals surface area contributed by atoms with Crippen LogP contribution in [-0.4, -0.2) is 26.2 Å². The van der Waals surface area contributed by atoms with E-state index in [0.717, 1.165) is 12.1 Å². The number of anilines is 1. The summed E-state index contributed by atoms with van der Waals surface area (Å²) in [5.41, 5.74) is 1.27. The van der Waals surface area contributed by atoms with E-state index in [1.807, 2.05) is 0 Å². The van der Waals surface area contributed by atoms with Gasteiger partial charge in [0.25, 0.3) is 0 Å². The van der Waals surface area contributed by atoms with Gasteiger partial charge in [-0.2, -0.15) is 0 Å². The van der Waals surface area contributed by atoms with Crippen molar-refractivity contribution < 1.29 is 4.39 Å². The molecule has 0 aliphatic heterocycles. The maximum atomic E-state index is 14.1. The lowest BCUT2D eigenvalue weighted by molar-refractivity contribution is 0.280. The average molecular weight is 289 g/mol. The molecule has 0 saturated heterocycles. The largest absolute Gasteiger partial charge is 0.380 e. The second-order valence-corrected chi connectivity index (χ2v) is 6.06. The van der Waals surface area contributed by atoms with Crippen LogP contribution in [0.3, 0.4) is 0 Å². The van der Waals surface area contributed by atoms with Crippen LogP contribution >= 0.6 is 0 Å². The van der Waals surface area contributed by atoms with Gasteiger partial charge < -0.3 is 5.32 Å². The molecule has 1 aromatic carbocycles. The van der Waals surface area contributed by atoms with E-state index in [2.05, 4.69) is 34.7 Å². The molecule has 3 unspecified atom stereocenters. The van der Waals surface area contributed by atoms with Crippen LogP contribution in [0.5, 0.6) is 0 Å². The molecule has 112 valence electrons. The molecule has 6 heteroatoms. The number of hydrogen-bond acceptors (Lipinski definition) is 4. The fraction of sp³-hybridized carbons (Fsp3) is 0.533. The highest BCUT2D eigenvalue weighted by atomic mass is 19.1. The summed E-state index contributed by atoms with van der Waals surface area (Å²) >= 11 is 0. The first-order valence-corrected chi connectivity index (χ1v) is 7.43. The number of benzene rings is 1. The first-order valence-electron chi connectivity index (χ1n) is 7.43. The van der Waals surface area contributed by atoms with E-state index in [1.165, 1.54) is 29.9 Å². The number of nitrogens with zero attached hydrogens (tertiary/aromatic N) is 4. The zero-order valence-corrected chi connectivity index (χ0v) is 12.3. The lowest BCUT2D eigenvalue weighted by atomic mass is 9.80. The number of rotatable bonds is 3. The molecule has 1 aliphatic carbocycles. The van der Waals surface area contributed by atoms with Crippen molar-refractivity contribution in [2.45, 2.75) is 39.2 Å². The molecule has 0 spiro atoms. The fourth-order valence-electron chi connectivity index (χ4n) is 2.98. The van der Waals surface area contributed by atoms with Crippen LogP contribution < -0.4 is 5.32 Å². The minimum atomic E-state index is -0.239. The van der Waals surface area contributed by atoms with E-state index in [4.69, 9.17) is 0 Å². The van der Waals surface area contributed by atoms with Gasteiger partial charge in [-0.15, -0.1) is 5.10 Å². The molecular formula is C15H20FN5. The Morgan fingerprint density at radius 3 is 2.90 bits per heavy atom. The summed E-state index contributed by atoms with van der Waals surface area (Å²) in [6.45, 7) is 4.49. The van der Waals surface area contributed by atoms with Gasteiger partial charge in [0.05, 0.1) is 11.4 Å². The van der Waals surface area contributed by atoms with E-state index in [0.29, 0.717) is 23.6 Å². The van der Waals surface area contributed by atoms with Crippen LogP contribution in [0.15, 0.2) is 24.5 Å². The summed E-state index contributed by atoms with van der Waals surface area (Å²) in [6.07, 6.45) is 5.03. The third kappa shape index (κ3) is 3.04. The maximum absolute atomic E-state index is 14.1. The molecule has 1 heterocycles. The fourth-order valence-corrected chi connectivity index (χ4v) is 2.98. The van der Waals surface area contributed by atoms with Gasteiger partial charge in [-0.3, -0.25) is 0 Å². The molecule has 1 aromatic heterocycles. The molecule has 5 nitrogen and oxygen atoms in total. The summed E-state index contributed by atoms with van der Waals surface area (Å²) in [6, 6.07) is 5.20. The SMILES string of the molecule is CC1CCC(C)C(Nc2cc(-n3cnnn3)ccc2F)C1. The van der Waals surface area contributed by atoms with Gasteiger partial charge in [-0.1, -0.05) is 20.3 Å². The molecule has 3 rings (SSSR count). The summed E-state index contributed by atoms with van der Waals surface area (Å²) in [5.74, 6) is 0.999. The lowest BCUT2D eigenvalue weighted by Crippen LogP contribution is -2.33. The summed E-state index contributed by atoms with van der Waals surface area (Å²) in [4.78, 5) is 0. The van der Waals surface area contributed by atoms with Crippen LogP contribution in [0, 0.1) is 17.7 Å². The van der Waals surface area contributed by atoms with Crippen molar-refractivity contribution in [1.82, 2.24) is 20.2 Å². The van der Waals surface area contributed by atoms with Crippen LogP contribution in [0.25, 0.3) is 5.69 Å². The third-order valence-electron chi connectivity index (χ3n) is 4.36. The van der Waals surface area contributed by atoms with Gasteiger partial charge in [-0.05, 0) is 53.3 Å². The summed E-state index contributed by atoms with van der Waals surface area (Å²) < 4.78 is 15.6. The number of nitrogens with one attached hydrogen (secondary N) is 1. The molecule has 21 heavy (non-hydrogen) atoms. The Kier molecular flexibility index (Phi) is 3.86. The Hall–Kier alpha value is -1.98. The van der Waals surface area contributed by atoms with Crippen molar-refractivity contribution in [2.24, 2.45) is 11.8 Å². The third-order valence-corrected chi connectivity index (χ3v) is 4.36. The first-order chi connectivity index (χ1) is 10.1. The number of tetrazole rings is 1. The first kappa shape index (κ1) is 14.0. The number of hydrogen-bond donors (Lipinski definition) is 1. The highest BCUT2D eigenvalue weighted by Crippen LogP contribution is 2.31. The smallest absolute Gasteiger partial charge is 0.146 e. The van der Waals surface area contributed by atoms with Gasteiger partial charge in [0, 0.05) is 6.04 Å². The Labute approximate surface area is 123 Å². The van der Waals surface area contributed by atoms with Crippen molar-refractivity contribution in [3.8, 4) is 5.69 Å². The Balaban J connectivity index is 1.82. The minimum absolute atomic E-state index is 0.239. The van der Waals surface area contributed by atoms with Crippen LogP contribution in [0.1, 0.15) is 33.1 Å². The van der Waals surface area contributed by atoms with Crippen LogP contribution in [-0.2, 0) is 0 Å². The predicted octanol–water partition coefficient (Wildman–Crippen LogP) is 3.04. The van der Waals surface area contributed by atoms with Crippen molar-refractivity contribution in [3.05, 3.63) is 30.3 Å². The highest BCUT2D eigenvalue weighted by Gasteiger charge is 2.26. The Bertz CT molecular complexity index is 598. The normalized spacial score (nSPS) is 25.8. The maximum Gasteiger partial charge on any atom is 0.146 e. The molecule has 0 radical (unpaired) electrons. The molecule has 0 bridgehead atoms. The summed E-state index contributed by atoms with van der Waals surface area (Å²) in [5, 5.41) is 14.4. The zero-order valence-electron chi connectivity index (χ0n) is 12.3. The molecule has 1 N–H and O–H groups in total. The highest BCUT2D eigenvalue weighted by molar-refractivity contribution is 5.52. The topological polar surface area (TPSA) is 55.6 Å². The van der Waals surface area contributed by atoms with E-state index in [-0.39, 0.29) is 5.82 Å². The molecule has 0 amide bonds. The average Bonchev–Trinajstić information content (AvgIpc) is 2.99. The van der Waals surface area contributed by atoms with Crippen LogP contribution in [0.4, 0.5) is 10.1 Å². The molecule has 1 fully saturated rings. The van der Waals surface area contributed by atoms with Crippen molar-refractivity contribution >= 4 is 5.69 Å². The van der Waals surface area contributed by atoms with Gasteiger partial charge in [-0.25, -0.2) is 9.07 Å². The predicted molar refractivity (Wildman–Crippen MR) is 78.7 cm³/mol. The van der Waals surface area contributed by atoms with Gasteiger partial charge >= 0.3 is 0 Å². The molecule has 1 aliphatic rings. The number of halogens is 1. The molecular weight excluding hydrogens is 269 g/mol. The Morgan fingerprint density at radius 1 is 1.29 bits per heavy atom. The van der Waals surface area contributed by atoms with Crippen LogP contribution in [0.2, 0.25) is 0 Å². The van der Waals surface area contributed by atoms with Crippen molar-refractivity contribution in [2.75, 3.05) is 5.32 Å². The standard InChI is InChI=1S/C15H20FN5/c1-10-3-4-11(2)14(7-10)18-15-8-12(5-6-13(15)16)21-9-17-19-20-21/h5-6,8-11,14,18H,3-4,7H2,1-2H3. The molecule has 3 atom stereocenters. The van der Waals surface area contributed by atoms with Gasteiger partial charge in [0.2, 0.25) is 0 Å². The van der Waals surface area contributed by atoms with Crippen molar-refractivity contribution in [1.29, 1.82) is 0 Å². The van der Waals surface area contributed by atoms with E-state index in [1.54, 1.807) is 12.1 Å². The monoisotopic (exact) mass is 289 g/mol. The molecule has 2 aromatic rings. The quantitative estimate of drug-likeness (QED) is 0.943. The number of aromatic nitrogens is 4. The Morgan fingerprint density at radius 2 is 2.14 bits per heavy atom. The van der Waals surface area contributed by atoms with Crippen molar-refractivity contribution in [3.63, 3.8) is 0 Å². The van der Waals surface area contributed by atoms with E-state index >= 15 is 0 Å². The minimum Gasteiger partial charge on any atom is -0.380 e. The zero-order chi connectivity index (χ0) is 14.8.